The summed E-state index contributed by atoms with van der Waals surface area (Å²) in [6.07, 6.45) is 4.06. The predicted molar refractivity (Wildman–Crippen MR) is 83.5 cm³/mol. The van der Waals surface area contributed by atoms with Crippen LogP contribution in [0.1, 0.15) is 55.4 Å². The Hall–Kier alpha value is -0.820. The Morgan fingerprint density at radius 2 is 1.63 bits per heavy atom. The van der Waals surface area contributed by atoms with Gasteiger partial charge in [0.2, 0.25) is 0 Å². The van der Waals surface area contributed by atoms with Gasteiger partial charge in [0.1, 0.15) is 0 Å². The first-order chi connectivity index (χ1) is 8.97. The lowest BCUT2D eigenvalue weighted by Crippen LogP contribution is -2.35. The lowest BCUT2D eigenvalue weighted by atomic mass is 9.79. The highest BCUT2D eigenvalue weighted by molar-refractivity contribution is 5.36. The fourth-order valence-corrected chi connectivity index (χ4v) is 3.20. The van der Waals surface area contributed by atoms with Gasteiger partial charge < -0.3 is 5.32 Å². The first-order valence-electron chi connectivity index (χ1n) is 7.77. The molecule has 19 heavy (non-hydrogen) atoms. The van der Waals surface area contributed by atoms with Crippen LogP contribution < -0.4 is 5.32 Å². The molecule has 1 saturated carbocycles. The molecule has 0 bridgehead atoms. The topological polar surface area (TPSA) is 12.0 Å². The Balaban J connectivity index is 1.94. The zero-order valence-corrected chi connectivity index (χ0v) is 13.2. The van der Waals surface area contributed by atoms with Crippen LogP contribution in [-0.4, -0.2) is 6.04 Å². The number of hydrogen-bond donors (Lipinski definition) is 1. The van der Waals surface area contributed by atoms with E-state index in [1.165, 1.54) is 41.5 Å². The van der Waals surface area contributed by atoms with Crippen LogP contribution in [0, 0.1) is 32.6 Å². The molecule has 0 aliphatic heterocycles. The molecule has 1 heteroatoms. The second kappa shape index (κ2) is 6.09. The SMILES string of the molecule is Cc1cc(C)c(CNC2CCC(C)C(C)C2)cc1C. The van der Waals surface area contributed by atoms with E-state index in [9.17, 15) is 0 Å². The van der Waals surface area contributed by atoms with Crippen LogP contribution in [0.25, 0.3) is 0 Å². The minimum Gasteiger partial charge on any atom is -0.310 e. The van der Waals surface area contributed by atoms with E-state index in [0.29, 0.717) is 6.04 Å². The molecule has 2 rings (SSSR count). The second-order valence-electron chi connectivity index (χ2n) is 6.71. The van der Waals surface area contributed by atoms with E-state index in [4.69, 9.17) is 0 Å². The number of nitrogens with one attached hydrogen (secondary N) is 1. The fraction of sp³-hybridized carbons (Fsp3) is 0.667. The van der Waals surface area contributed by atoms with Crippen LogP contribution in [0.3, 0.4) is 0 Å². The maximum Gasteiger partial charge on any atom is 0.0210 e. The molecule has 0 aromatic heterocycles. The van der Waals surface area contributed by atoms with Crippen molar-refractivity contribution in [3.63, 3.8) is 0 Å². The van der Waals surface area contributed by atoms with Gasteiger partial charge in [-0.15, -0.1) is 0 Å². The smallest absolute Gasteiger partial charge is 0.0210 e. The molecule has 0 saturated heterocycles. The van der Waals surface area contributed by atoms with Gasteiger partial charge in [0.25, 0.3) is 0 Å². The molecule has 3 atom stereocenters. The molecule has 1 N–H and O–H groups in total. The molecule has 106 valence electrons. The maximum atomic E-state index is 3.78. The highest BCUT2D eigenvalue weighted by atomic mass is 14.9. The molecule has 1 aliphatic carbocycles. The van der Waals surface area contributed by atoms with Gasteiger partial charge in [-0.25, -0.2) is 0 Å². The molecule has 0 heterocycles. The lowest BCUT2D eigenvalue weighted by molar-refractivity contribution is 0.225. The van der Waals surface area contributed by atoms with E-state index in [0.717, 1.165) is 18.4 Å². The van der Waals surface area contributed by atoms with Crippen molar-refractivity contribution in [3.8, 4) is 0 Å². The van der Waals surface area contributed by atoms with Crippen molar-refractivity contribution in [2.45, 2.75) is 66.5 Å². The summed E-state index contributed by atoms with van der Waals surface area (Å²) in [6.45, 7) is 12.5. The highest BCUT2D eigenvalue weighted by Crippen LogP contribution is 2.29. The zero-order chi connectivity index (χ0) is 14.0. The number of benzene rings is 1. The van der Waals surface area contributed by atoms with Crippen molar-refractivity contribution in [2.24, 2.45) is 11.8 Å². The summed E-state index contributed by atoms with van der Waals surface area (Å²) in [5.74, 6) is 1.77. The maximum absolute atomic E-state index is 3.78. The molecule has 1 nitrogen and oxygen atoms in total. The third kappa shape index (κ3) is 3.60. The summed E-state index contributed by atoms with van der Waals surface area (Å²) < 4.78 is 0. The summed E-state index contributed by atoms with van der Waals surface area (Å²) in [5, 5.41) is 3.78. The molecule has 1 fully saturated rings. The van der Waals surface area contributed by atoms with E-state index >= 15 is 0 Å². The molecule has 1 aromatic rings. The summed E-state index contributed by atoms with van der Waals surface area (Å²) in [5.41, 5.74) is 5.71. The van der Waals surface area contributed by atoms with Gasteiger partial charge in [-0.1, -0.05) is 26.0 Å². The van der Waals surface area contributed by atoms with Gasteiger partial charge in [0.15, 0.2) is 0 Å². The van der Waals surface area contributed by atoms with Crippen molar-refractivity contribution in [2.75, 3.05) is 0 Å². The van der Waals surface area contributed by atoms with Gasteiger partial charge in [0, 0.05) is 12.6 Å². The van der Waals surface area contributed by atoms with Gasteiger partial charge in [-0.2, -0.15) is 0 Å². The van der Waals surface area contributed by atoms with Crippen LogP contribution in [-0.2, 0) is 6.54 Å². The number of hydrogen-bond acceptors (Lipinski definition) is 1. The van der Waals surface area contributed by atoms with E-state index in [-0.39, 0.29) is 0 Å². The van der Waals surface area contributed by atoms with Crippen LogP contribution in [0.4, 0.5) is 0 Å². The van der Waals surface area contributed by atoms with E-state index in [2.05, 4.69) is 52.1 Å². The van der Waals surface area contributed by atoms with Gasteiger partial charge in [-0.3, -0.25) is 0 Å². The quantitative estimate of drug-likeness (QED) is 0.841. The lowest BCUT2D eigenvalue weighted by Gasteiger charge is -2.32. The van der Waals surface area contributed by atoms with Gasteiger partial charge in [-0.05, 0) is 74.1 Å². The number of rotatable bonds is 3. The van der Waals surface area contributed by atoms with Crippen molar-refractivity contribution < 1.29 is 0 Å². The first-order valence-corrected chi connectivity index (χ1v) is 7.77. The van der Waals surface area contributed by atoms with E-state index in [1.807, 2.05) is 0 Å². The zero-order valence-electron chi connectivity index (χ0n) is 13.2. The molecular formula is C18H29N. The molecule has 0 radical (unpaired) electrons. The van der Waals surface area contributed by atoms with Crippen LogP contribution >= 0.6 is 0 Å². The fourth-order valence-electron chi connectivity index (χ4n) is 3.20. The number of aryl methyl sites for hydroxylation is 3. The van der Waals surface area contributed by atoms with Gasteiger partial charge >= 0.3 is 0 Å². The van der Waals surface area contributed by atoms with Gasteiger partial charge in [0.05, 0.1) is 0 Å². The Bertz CT molecular complexity index is 436. The Morgan fingerprint density at radius 3 is 2.32 bits per heavy atom. The van der Waals surface area contributed by atoms with Crippen LogP contribution in [0.15, 0.2) is 12.1 Å². The minimum absolute atomic E-state index is 0.715. The minimum atomic E-state index is 0.715. The average molecular weight is 259 g/mol. The highest BCUT2D eigenvalue weighted by Gasteiger charge is 2.24. The third-order valence-corrected chi connectivity index (χ3v) is 5.13. The predicted octanol–water partition coefficient (Wildman–Crippen LogP) is 4.53. The van der Waals surface area contributed by atoms with Crippen molar-refractivity contribution in [3.05, 3.63) is 34.4 Å². The molecule has 3 unspecified atom stereocenters. The summed E-state index contributed by atoms with van der Waals surface area (Å²) in [7, 11) is 0. The summed E-state index contributed by atoms with van der Waals surface area (Å²) in [6, 6.07) is 5.39. The molecule has 1 aliphatic rings. The third-order valence-electron chi connectivity index (χ3n) is 5.13. The van der Waals surface area contributed by atoms with E-state index in [1.54, 1.807) is 0 Å². The van der Waals surface area contributed by atoms with Crippen LogP contribution in [0.2, 0.25) is 0 Å². The largest absolute Gasteiger partial charge is 0.310 e. The Labute approximate surface area is 118 Å². The van der Waals surface area contributed by atoms with Crippen LogP contribution in [0.5, 0.6) is 0 Å². The molecular weight excluding hydrogens is 230 g/mol. The second-order valence-corrected chi connectivity index (χ2v) is 6.71. The Morgan fingerprint density at radius 1 is 0.947 bits per heavy atom. The van der Waals surface area contributed by atoms with Crippen molar-refractivity contribution in [1.82, 2.24) is 5.32 Å². The summed E-state index contributed by atoms with van der Waals surface area (Å²) >= 11 is 0. The summed E-state index contributed by atoms with van der Waals surface area (Å²) in [4.78, 5) is 0. The van der Waals surface area contributed by atoms with E-state index < -0.39 is 0 Å². The van der Waals surface area contributed by atoms with Crippen molar-refractivity contribution in [1.29, 1.82) is 0 Å². The molecule has 1 aromatic carbocycles. The molecule has 0 amide bonds. The molecule has 0 spiro atoms. The normalized spacial score (nSPS) is 27.5. The van der Waals surface area contributed by atoms with Crippen molar-refractivity contribution >= 4 is 0 Å². The average Bonchev–Trinajstić information content (AvgIpc) is 2.36. The Kier molecular flexibility index (Phi) is 4.67. The first kappa shape index (κ1) is 14.6. The standard InChI is InChI=1S/C18H29N/c1-12-6-7-18(10-15(12)4)19-11-17-9-14(3)13(2)8-16(17)5/h8-9,12,15,18-19H,6-7,10-11H2,1-5H3. The monoisotopic (exact) mass is 259 g/mol.